The number of fused-ring (bicyclic) bond motifs is 1. The van der Waals surface area contributed by atoms with E-state index in [1.165, 1.54) is 25.3 Å². The van der Waals surface area contributed by atoms with Gasteiger partial charge in [-0.25, -0.2) is 0 Å². The average molecular weight is 848 g/mol. The summed E-state index contributed by atoms with van der Waals surface area (Å²) >= 11 is 0. The maximum atomic E-state index is 12.9. The minimum atomic E-state index is -1.20. The van der Waals surface area contributed by atoms with E-state index >= 15 is 0 Å². The summed E-state index contributed by atoms with van der Waals surface area (Å²) in [4.78, 5) is 16.3. The maximum absolute atomic E-state index is 12.9. The first-order valence-corrected chi connectivity index (χ1v) is 23.3. The number of carbonyl (C=O) groups is 1. The number of aliphatic carboxylic acids is 1. The number of nitrogens with two attached hydrogens (primary N) is 1. The van der Waals surface area contributed by atoms with Crippen molar-refractivity contribution in [3.05, 3.63) is 119 Å². The SMILES string of the molecule is CCCCCC1C=CC(CCCCCC(C(=O)O)C(O)C2C=CC3C(CC4=CCNC(N)=C4)CC(Cc4ccc(-c5cc(O)cc(O)c5Cc5ccccc5)[nH]4)C3(O)C2)C(O)C1. The number of allylic oxidation sites excluding steroid dienone is 3. The Kier molecular flexibility index (Phi) is 15.0. The summed E-state index contributed by atoms with van der Waals surface area (Å²) in [5.74, 6) is -1.64. The van der Waals surface area contributed by atoms with Crippen LogP contribution >= 0.6 is 0 Å². The van der Waals surface area contributed by atoms with Crippen LogP contribution in [-0.2, 0) is 17.6 Å². The molecule has 334 valence electrons. The minimum absolute atomic E-state index is 0.0127. The fourth-order valence-corrected chi connectivity index (χ4v) is 11.2. The number of aromatic hydroxyl groups is 2. The van der Waals surface area contributed by atoms with E-state index in [1.807, 2.05) is 60.7 Å². The molecule has 0 radical (unpaired) electrons. The molecule has 2 aromatic carbocycles. The number of dihydropyridines is 1. The van der Waals surface area contributed by atoms with Crippen molar-refractivity contribution in [1.29, 1.82) is 0 Å². The van der Waals surface area contributed by atoms with Gasteiger partial charge in [-0.15, -0.1) is 0 Å². The van der Waals surface area contributed by atoms with Crippen LogP contribution in [0.2, 0.25) is 0 Å². The molecule has 10 atom stereocenters. The van der Waals surface area contributed by atoms with Gasteiger partial charge in [0.25, 0.3) is 0 Å². The predicted molar refractivity (Wildman–Crippen MR) is 244 cm³/mol. The molecule has 7 rings (SSSR count). The summed E-state index contributed by atoms with van der Waals surface area (Å²) in [6.07, 6.45) is 22.9. The third-order valence-electron chi connectivity index (χ3n) is 14.5. The van der Waals surface area contributed by atoms with Gasteiger partial charge in [-0.05, 0) is 105 Å². The van der Waals surface area contributed by atoms with Gasteiger partial charge in [0.05, 0.1) is 29.5 Å². The number of nitrogens with one attached hydrogen (secondary N) is 2. The van der Waals surface area contributed by atoms with E-state index in [4.69, 9.17) is 5.73 Å². The number of benzene rings is 2. The van der Waals surface area contributed by atoms with Crippen molar-refractivity contribution in [2.45, 2.75) is 121 Å². The number of aliphatic hydroxyl groups excluding tert-OH is 2. The molecule has 3 aliphatic carbocycles. The normalized spacial score (nSPS) is 27.8. The molecule has 10 heteroatoms. The maximum Gasteiger partial charge on any atom is 0.309 e. The molecule has 2 heterocycles. The Balaban J connectivity index is 1.03. The second-order valence-corrected chi connectivity index (χ2v) is 18.9. The Hall–Kier alpha value is -4.77. The van der Waals surface area contributed by atoms with E-state index in [-0.39, 0.29) is 47.7 Å². The average Bonchev–Trinajstić information content (AvgIpc) is 3.82. The van der Waals surface area contributed by atoms with Crippen molar-refractivity contribution in [3.63, 3.8) is 0 Å². The molecular weight excluding hydrogens is 779 g/mol. The number of aromatic nitrogens is 1. The van der Waals surface area contributed by atoms with E-state index in [9.17, 15) is 35.4 Å². The van der Waals surface area contributed by atoms with Gasteiger partial charge in [-0.1, -0.05) is 106 Å². The van der Waals surface area contributed by atoms with Crippen molar-refractivity contribution in [2.75, 3.05) is 6.54 Å². The molecule has 10 nitrogen and oxygen atoms in total. The number of H-pyrrole nitrogens is 1. The van der Waals surface area contributed by atoms with Gasteiger partial charge in [0.15, 0.2) is 0 Å². The highest BCUT2D eigenvalue weighted by Gasteiger charge is 2.56. The molecule has 10 N–H and O–H groups in total. The Bertz CT molecular complexity index is 2090. The van der Waals surface area contributed by atoms with Crippen LogP contribution < -0.4 is 11.1 Å². The number of aliphatic hydroxyl groups is 3. The highest BCUT2D eigenvalue weighted by atomic mass is 16.4. The summed E-state index contributed by atoms with van der Waals surface area (Å²) in [5.41, 5.74) is 10.1. The van der Waals surface area contributed by atoms with Crippen LogP contribution in [0.1, 0.15) is 107 Å². The molecule has 1 saturated carbocycles. The van der Waals surface area contributed by atoms with Gasteiger partial charge < -0.3 is 46.7 Å². The van der Waals surface area contributed by atoms with Crippen LogP contribution in [0.15, 0.2) is 102 Å². The summed E-state index contributed by atoms with van der Waals surface area (Å²) in [7, 11) is 0. The quantitative estimate of drug-likeness (QED) is 0.0396. The number of unbranched alkanes of at least 4 members (excludes halogenated alkanes) is 4. The van der Waals surface area contributed by atoms with Crippen LogP contribution in [0.3, 0.4) is 0 Å². The van der Waals surface area contributed by atoms with Crippen molar-refractivity contribution in [3.8, 4) is 22.8 Å². The minimum Gasteiger partial charge on any atom is -0.508 e. The molecule has 0 amide bonds. The topological polar surface area (TPSA) is 192 Å². The number of carboxylic acid groups (broad SMARTS) is 1. The predicted octanol–water partition coefficient (Wildman–Crippen LogP) is 8.65. The van der Waals surface area contributed by atoms with Gasteiger partial charge in [0, 0.05) is 59.3 Å². The van der Waals surface area contributed by atoms with E-state index in [2.05, 4.69) is 35.5 Å². The number of aromatic amines is 1. The van der Waals surface area contributed by atoms with Gasteiger partial charge >= 0.3 is 5.97 Å². The van der Waals surface area contributed by atoms with Gasteiger partial charge in [0.2, 0.25) is 0 Å². The molecule has 1 fully saturated rings. The zero-order chi connectivity index (χ0) is 43.8. The summed E-state index contributed by atoms with van der Waals surface area (Å²) in [5, 5.41) is 70.6. The lowest BCUT2D eigenvalue weighted by atomic mass is 9.68. The van der Waals surface area contributed by atoms with Crippen molar-refractivity contribution in [2.24, 2.45) is 47.2 Å². The Labute approximate surface area is 367 Å². The molecule has 4 aliphatic rings. The standard InChI is InChI=1S/C52H69N3O7/c1-2-3-6-11-34-16-17-36(47(57)26-34)14-9-5-10-15-42(51(60)61)50(59)37-18-20-45-38(24-35-22-23-54-49(53)27-35)28-39(52(45,62)32-37)29-40-19-21-46(55-40)43-30-41(56)31-48(58)44(43)25-33-12-7-4-8-13-33/h4,7-8,12-13,16-22,27,30-31,34,36-39,42,45,47,50,54-59,62H,2-3,5-6,9-11,14-15,23-26,28-29,32,53H2,1H3,(H,60,61). The Morgan fingerprint density at radius 2 is 1.74 bits per heavy atom. The van der Waals surface area contributed by atoms with E-state index in [0.717, 1.165) is 67.5 Å². The molecule has 1 aliphatic heterocycles. The number of phenolic OH excluding ortho intramolecular Hbond substituents is 2. The van der Waals surface area contributed by atoms with Crippen molar-refractivity contribution < 1.29 is 35.4 Å². The first-order chi connectivity index (χ1) is 29.9. The molecule has 0 spiro atoms. The largest absolute Gasteiger partial charge is 0.508 e. The second-order valence-electron chi connectivity index (χ2n) is 18.9. The summed E-state index contributed by atoms with van der Waals surface area (Å²) < 4.78 is 0. The second kappa shape index (κ2) is 20.6. The smallest absolute Gasteiger partial charge is 0.309 e. The number of rotatable bonds is 20. The highest BCUT2D eigenvalue weighted by Crippen LogP contribution is 2.55. The monoisotopic (exact) mass is 848 g/mol. The fraction of sp³-hybridized carbons (Fsp3) is 0.519. The first kappa shape index (κ1) is 45.3. The molecular formula is C52H69N3O7. The van der Waals surface area contributed by atoms with E-state index < -0.39 is 29.5 Å². The van der Waals surface area contributed by atoms with Crippen LogP contribution in [0.4, 0.5) is 0 Å². The van der Waals surface area contributed by atoms with Crippen LogP contribution in [0.5, 0.6) is 11.5 Å². The number of phenols is 2. The first-order valence-electron chi connectivity index (χ1n) is 23.3. The number of hydrogen-bond donors (Lipinski definition) is 9. The lowest BCUT2D eigenvalue weighted by Gasteiger charge is -2.42. The highest BCUT2D eigenvalue weighted by molar-refractivity contribution is 5.71. The van der Waals surface area contributed by atoms with Crippen LogP contribution in [0.25, 0.3) is 11.3 Å². The van der Waals surface area contributed by atoms with Crippen molar-refractivity contribution >= 4 is 5.97 Å². The van der Waals surface area contributed by atoms with Gasteiger partial charge in [-0.3, -0.25) is 4.79 Å². The lowest BCUT2D eigenvalue weighted by molar-refractivity contribution is -0.148. The Morgan fingerprint density at radius 3 is 2.50 bits per heavy atom. The molecule has 62 heavy (non-hydrogen) atoms. The zero-order valence-corrected chi connectivity index (χ0v) is 36.3. The van der Waals surface area contributed by atoms with E-state index in [0.29, 0.717) is 55.1 Å². The molecule has 0 saturated heterocycles. The van der Waals surface area contributed by atoms with Gasteiger partial charge in [0.1, 0.15) is 11.5 Å². The third kappa shape index (κ3) is 10.9. The van der Waals surface area contributed by atoms with Crippen molar-refractivity contribution in [1.82, 2.24) is 10.3 Å². The van der Waals surface area contributed by atoms with Gasteiger partial charge in [-0.2, -0.15) is 0 Å². The van der Waals surface area contributed by atoms with Crippen LogP contribution in [0, 0.1) is 41.4 Å². The van der Waals surface area contributed by atoms with Crippen LogP contribution in [-0.4, -0.2) is 65.9 Å². The lowest BCUT2D eigenvalue weighted by Crippen LogP contribution is -2.48. The Morgan fingerprint density at radius 1 is 0.935 bits per heavy atom. The molecule has 3 aromatic rings. The molecule has 0 bridgehead atoms. The van der Waals surface area contributed by atoms with E-state index in [1.54, 1.807) is 6.07 Å². The zero-order valence-electron chi connectivity index (χ0n) is 36.3. The fourth-order valence-electron chi connectivity index (χ4n) is 11.2. The number of carboxylic acids is 1. The summed E-state index contributed by atoms with van der Waals surface area (Å²) in [6.45, 7) is 2.85. The molecule has 1 aromatic heterocycles. The molecule has 10 unspecified atom stereocenters. The summed E-state index contributed by atoms with van der Waals surface area (Å²) in [6, 6.07) is 16.8. The third-order valence-corrected chi connectivity index (χ3v) is 14.5. The number of hydrogen-bond acceptors (Lipinski definition) is 8.